The van der Waals surface area contributed by atoms with E-state index in [2.05, 4.69) is 39.0 Å². The molecule has 6 nitrogen and oxygen atoms in total. The summed E-state index contributed by atoms with van der Waals surface area (Å²) in [5.74, 6) is 1.64. The molecule has 0 N–H and O–H groups in total. The Morgan fingerprint density at radius 3 is 2.68 bits per heavy atom. The molecule has 0 spiro atoms. The fourth-order valence-electron chi connectivity index (χ4n) is 3.24. The van der Waals surface area contributed by atoms with E-state index in [9.17, 15) is 4.39 Å². The molecule has 3 aromatic rings. The van der Waals surface area contributed by atoms with Gasteiger partial charge in [-0.2, -0.15) is 0 Å². The Morgan fingerprint density at radius 1 is 1.20 bits per heavy atom. The van der Waals surface area contributed by atoms with Crippen molar-refractivity contribution in [1.82, 2.24) is 24.5 Å². The highest BCUT2D eigenvalue weighted by atomic mass is 19.1. The summed E-state index contributed by atoms with van der Waals surface area (Å²) in [5, 5.41) is 8.54. The predicted octanol–water partition coefficient (Wildman–Crippen LogP) is 2.15. The highest BCUT2D eigenvalue weighted by molar-refractivity contribution is 5.65. The Bertz CT molecular complexity index is 869. The first kappa shape index (κ1) is 16.0. The fourth-order valence-corrected chi connectivity index (χ4v) is 3.24. The normalized spacial score (nSPS) is 15.1. The first-order valence-corrected chi connectivity index (χ1v) is 8.54. The molecule has 25 heavy (non-hydrogen) atoms. The van der Waals surface area contributed by atoms with Gasteiger partial charge in [0.2, 0.25) is 5.65 Å². The molecule has 0 unspecified atom stereocenters. The smallest absolute Gasteiger partial charge is 0.203 e. The van der Waals surface area contributed by atoms with Gasteiger partial charge in [-0.3, -0.25) is 9.30 Å². The van der Waals surface area contributed by atoms with Crippen molar-refractivity contribution in [3.63, 3.8) is 0 Å². The van der Waals surface area contributed by atoms with Crippen LogP contribution in [0.2, 0.25) is 0 Å². The van der Waals surface area contributed by atoms with Gasteiger partial charge in [0.1, 0.15) is 11.6 Å². The number of anilines is 1. The summed E-state index contributed by atoms with van der Waals surface area (Å²) in [5.41, 5.74) is 1.94. The monoisotopic (exact) mass is 340 g/mol. The molecule has 1 aromatic carbocycles. The van der Waals surface area contributed by atoms with Gasteiger partial charge >= 0.3 is 0 Å². The van der Waals surface area contributed by atoms with Gasteiger partial charge in [0.15, 0.2) is 5.82 Å². The topological polar surface area (TPSA) is 49.6 Å². The number of nitrogens with zero attached hydrogens (tertiary/aromatic N) is 6. The van der Waals surface area contributed by atoms with Crippen molar-refractivity contribution in [2.45, 2.75) is 25.9 Å². The summed E-state index contributed by atoms with van der Waals surface area (Å²) >= 11 is 0. The number of rotatable bonds is 5. The second-order valence-electron chi connectivity index (χ2n) is 6.51. The number of benzene rings is 1. The maximum absolute atomic E-state index is 13.0. The van der Waals surface area contributed by atoms with Gasteiger partial charge in [-0.15, -0.1) is 10.2 Å². The minimum atomic E-state index is -0.194. The minimum absolute atomic E-state index is 0.194. The molecule has 3 heterocycles. The van der Waals surface area contributed by atoms with Crippen LogP contribution in [0.3, 0.4) is 0 Å². The third kappa shape index (κ3) is 2.95. The zero-order chi connectivity index (χ0) is 17.4. The Morgan fingerprint density at radius 2 is 1.96 bits per heavy atom. The first-order chi connectivity index (χ1) is 12.2. The summed E-state index contributed by atoms with van der Waals surface area (Å²) in [7, 11) is 2.10. The minimum Gasteiger partial charge on any atom is -0.350 e. The van der Waals surface area contributed by atoms with Crippen molar-refractivity contribution in [3.8, 4) is 0 Å². The second kappa shape index (κ2) is 6.40. The zero-order valence-electron chi connectivity index (χ0n) is 14.4. The van der Waals surface area contributed by atoms with Crippen LogP contribution in [0, 0.1) is 5.82 Å². The van der Waals surface area contributed by atoms with Crippen molar-refractivity contribution in [2.24, 2.45) is 0 Å². The van der Waals surface area contributed by atoms with Crippen molar-refractivity contribution in [2.75, 3.05) is 25.0 Å². The molecule has 0 bridgehead atoms. The van der Waals surface area contributed by atoms with Crippen molar-refractivity contribution < 1.29 is 4.39 Å². The van der Waals surface area contributed by atoms with E-state index >= 15 is 0 Å². The summed E-state index contributed by atoms with van der Waals surface area (Å²) < 4.78 is 15.0. The van der Waals surface area contributed by atoms with E-state index in [1.165, 1.54) is 12.1 Å². The Labute approximate surface area is 145 Å². The van der Waals surface area contributed by atoms with Crippen LogP contribution >= 0.6 is 0 Å². The lowest BCUT2D eigenvalue weighted by atomic mass is 10.1. The predicted molar refractivity (Wildman–Crippen MR) is 94.0 cm³/mol. The molecule has 2 aromatic heterocycles. The lowest BCUT2D eigenvalue weighted by Gasteiger charge is -2.44. The third-order valence-electron chi connectivity index (χ3n) is 4.83. The molecule has 1 saturated heterocycles. The van der Waals surface area contributed by atoms with Crippen molar-refractivity contribution in [3.05, 3.63) is 53.9 Å². The van der Waals surface area contributed by atoms with Crippen molar-refractivity contribution >= 4 is 11.5 Å². The maximum Gasteiger partial charge on any atom is 0.203 e. The van der Waals surface area contributed by atoms with Crippen molar-refractivity contribution in [1.29, 1.82) is 0 Å². The Hall–Kier alpha value is -2.54. The summed E-state index contributed by atoms with van der Waals surface area (Å²) in [6.45, 7) is 4.68. The van der Waals surface area contributed by atoms with E-state index in [4.69, 9.17) is 0 Å². The molecule has 0 saturated carbocycles. The molecule has 0 atom stereocenters. The van der Waals surface area contributed by atoms with Crippen LogP contribution in [-0.4, -0.2) is 50.7 Å². The maximum atomic E-state index is 13.0. The van der Waals surface area contributed by atoms with E-state index in [1.54, 1.807) is 6.20 Å². The lowest BCUT2D eigenvalue weighted by molar-refractivity contribution is 0.197. The summed E-state index contributed by atoms with van der Waals surface area (Å²) in [6.07, 6.45) is 4.56. The number of likely N-dealkylation sites (N-methyl/N-ethyl adjacent to an activating group) is 1. The Kier molecular flexibility index (Phi) is 4.09. The SMILES string of the molecule is CCc1nnc2c(N3CC(N(C)Cc4ccc(F)cc4)C3)nccn12. The molecule has 1 aliphatic rings. The summed E-state index contributed by atoms with van der Waals surface area (Å²) in [6, 6.07) is 7.15. The fraction of sp³-hybridized carbons (Fsp3) is 0.389. The number of hydrogen-bond donors (Lipinski definition) is 0. The lowest BCUT2D eigenvalue weighted by Crippen LogP contribution is -2.58. The molecule has 7 heteroatoms. The van der Waals surface area contributed by atoms with Crippen LogP contribution < -0.4 is 4.90 Å². The van der Waals surface area contributed by atoms with E-state index < -0.39 is 0 Å². The number of hydrogen-bond acceptors (Lipinski definition) is 5. The Balaban J connectivity index is 1.43. The number of fused-ring (bicyclic) bond motifs is 1. The van der Waals surface area contributed by atoms with Crippen LogP contribution in [0.1, 0.15) is 18.3 Å². The van der Waals surface area contributed by atoms with Gasteiger partial charge in [0.05, 0.1) is 0 Å². The standard InChI is InChI=1S/C18H21FN6/c1-3-16-21-22-18-17(20-8-9-25(16)18)24-11-15(12-24)23(2)10-13-4-6-14(19)7-5-13/h4-9,15H,3,10-12H2,1-2H3. The summed E-state index contributed by atoms with van der Waals surface area (Å²) in [4.78, 5) is 9.03. The highest BCUT2D eigenvalue weighted by Gasteiger charge is 2.32. The number of halogens is 1. The van der Waals surface area contributed by atoms with Gasteiger partial charge in [0, 0.05) is 44.5 Å². The number of aromatic nitrogens is 4. The van der Waals surface area contributed by atoms with E-state index in [0.717, 1.165) is 48.9 Å². The van der Waals surface area contributed by atoms with E-state index in [-0.39, 0.29) is 5.82 Å². The largest absolute Gasteiger partial charge is 0.350 e. The van der Waals surface area contributed by atoms with E-state index in [1.807, 2.05) is 22.7 Å². The van der Waals surface area contributed by atoms with Crippen LogP contribution in [0.25, 0.3) is 5.65 Å². The molecule has 1 fully saturated rings. The number of aryl methyl sites for hydroxylation is 1. The zero-order valence-corrected chi connectivity index (χ0v) is 14.4. The van der Waals surface area contributed by atoms with Crippen LogP contribution in [0.5, 0.6) is 0 Å². The van der Waals surface area contributed by atoms with Crippen LogP contribution in [0.15, 0.2) is 36.7 Å². The average Bonchev–Trinajstić information content (AvgIpc) is 2.99. The quantitative estimate of drug-likeness (QED) is 0.712. The molecular formula is C18H21FN6. The molecule has 1 aliphatic heterocycles. The molecule has 130 valence electrons. The third-order valence-corrected chi connectivity index (χ3v) is 4.83. The molecule has 0 aliphatic carbocycles. The van der Waals surface area contributed by atoms with Gasteiger partial charge < -0.3 is 4.90 Å². The van der Waals surface area contributed by atoms with Crippen LogP contribution in [0.4, 0.5) is 10.2 Å². The van der Waals surface area contributed by atoms with Gasteiger partial charge in [-0.1, -0.05) is 19.1 Å². The first-order valence-electron chi connectivity index (χ1n) is 8.54. The molecule has 0 radical (unpaired) electrons. The second-order valence-corrected chi connectivity index (χ2v) is 6.51. The average molecular weight is 340 g/mol. The highest BCUT2D eigenvalue weighted by Crippen LogP contribution is 2.25. The molecule has 0 amide bonds. The molecule has 4 rings (SSSR count). The van der Waals surface area contributed by atoms with Gasteiger partial charge in [0.25, 0.3) is 0 Å². The van der Waals surface area contributed by atoms with Gasteiger partial charge in [-0.05, 0) is 24.7 Å². The van der Waals surface area contributed by atoms with Gasteiger partial charge in [-0.25, -0.2) is 9.37 Å². The van der Waals surface area contributed by atoms with E-state index in [0.29, 0.717) is 6.04 Å². The molecular weight excluding hydrogens is 319 g/mol. The van der Waals surface area contributed by atoms with Crippen LogP contribution in [-0.2, 0) is 13.0 Å².